The Bertz CT molecular complexity index is 670. The van der Waals surface area contributed by atoms with Crippen LogP contribution >= 0.6 is 0 Å². The molecule has 0 amide bonds. The molecule has 6 nitrogen and oxygen atoms in total. The molecule has 0 bridgehead atoms. The highest BCUT2D eigenvalue weighted by Crippen LogP contribution is 2.38. The molecule has 94 valence electrons. The predicted molar refractivity (Wildman–Crippen MR) is 62.6 cm³/mol. The van der Waals surface area contributed by atoms with E-state index in [1.807, 2.05) is 0 Å². The molecular formula is C12H10O6. The molecule has 0 spiro atoms. The first-order valence-corrected chi connectivity index (χ1v) is 4.99. The van der Waals surface area contributed by atoms with Crippen LogP contribution in [-0.2, 0) is 0 Å². The van der Waals surface area contributed by atoms with Crippen LogP contribution in [0.2, 0.25) is 0 Å². The maximum Gasteiger partial charge on any atom is 0.339 e. The van der Waals surface area contributed by atoms with E-state index in [1.54, 1.807) is 0 Å². The quantitative estimate of drug-likeness (QED) is 0.653. The standard InChI is InChI=1S/C12H10O6/c1-16-7-4-10(14)18-8-3-9(17-2)12(15)6(5-13)11(7)8/h3-5,15H,1-2H3. The number of ether oxygens (including phenoxy) is 2. The summed E-state index contributed by atoms with van der Waals surface area (Å²) in [6.45, 7) is 0. The van der Waals surface area contributed by atoms with Gasteiger partial charge in [0.05, 0.1) is 31.2 Å². The zero-order valence-corrected chi connectivity index (χ0v) is 9.72. The van der Waals surface area contributed by atoms with E-state index in [1.165, 1.54) is 20.3 Å². The van der Waals surface area contributed by atoms with Gasteiger partial charge in [0, 0.05) is 6.07 Å². The zero-order chi connectivity index (χ0) is 13.3. The topological polar surface area (TPSA) is 86.0 Å². The molecule has 0 saturated heterocycles. The minimum Gasteiger partial charge on any atom is -0.504 e. The summed E-state index contributed by atoms with van der Waals surface area (Å²) < 4.78 is 14.9. The highest BCUT2D eigenvalue weighted by Gasteiger charge is 2.18. The Morgan fingerprint density at radius 2 is 1.89 bits per heavy atom. The molecule has 0 saturated carbocycles. The monoisotopic (exact) mass is 250 g/mol. The summed E-state index contributed by atoms with van der Waals surface area (Å²) in [5.74, 6) is -0.130. The Morgan fingerprint density at radius 1 is 1.22 bits per heavy atom. The van der Waals surface area contributed by atoms with Gasteiger partial charge in [-0.1, -0.05) is 0 Å². The molecule has 0 aliphatic rings. The van der Waals surface area contributed by atoms with E-state index in [4.69, 9.17) is 13.9 Å². The van der Waals surface area contributed by atoms with E-state index in [2.05, 4.69) is 0 Å². The second-order valence-electron chi connectivity index (χ2n) is 3.47. The van der Waals surface area contributed by atoms with Crippen molar-refractivity contribution in [2.75, 3.05) is 14.2 Å². The van der Waals surface area contributed by atoms with Gasteiger partial charge in [-0.2, -0.15) is 0 Å². The molecule has 18 heavy (non-hydrogen) atoms. The molecule has 1 aromatic carbocycles. The number of phenols is 1. The second kappa shape index (κ2) is 4.40. The van der Waals surface area contributed by atoms with Crippen LogP contribution in [0.15, 0.2) is 21.3 Å². The molecule has 0 aliphatic heterocycles. The van der Waals surface area contributed by atoms with Crippen molar-refractivity contribution in [3.63, 3.8) is 0 Å². The van der Waals surface area contributed by atoms with Crippen LogP contribution in [0.3, 0.4) is 0 Å². The number of methoxy groups -OCH3 is 2. The molecule has 6 heteroatoms. The maximum absolute atomic E-state index is 11.3. The largest absolute Gasteiger partial charge is 0.504 e. The molecule has 0 aliphatic carbocycles. The lowest BCUT2D eigenvalue weighted by Crippen LogP contribution is -2.01. The van der Waals surface area contributed by atoms with E-state index in [0.717, 1.165) is 6.07 Å². The van der Waals surface area contributed by atoms with Crippen molar-refractivity contribution >= 4 is 17.3 Å². The van der Waals surface area contributed by atoms with Crippen LogP contribution in [0.1, 0.15) is 10.4 Å². The fourth-order valence-corrected chi connectivity index (χ4v) is 1.73. The minimum atomic E-state index is -0.621. The Morgan fingerprint density at radius 3 is 2.44 bits per heavy atom. The number of hydrogen-bond donors (Lipinski definition) is 1. The van der Waals surface area contributed by atoms with Crippen LogP contribution in [0, 0.1) is 0 Å². The van der Waals surface area contributed by atoms with Gasteiger partial charge in [-0.3, -0.25) is 4.79 Å². The summed E-state index contributed by atoms with van der Waals surface area (Å²) in [6.07, 6.45) is 0.447. The molecule has 1 heterocycles. The van der Waals surface area contributed by atoms with Gasteiger partial charge in [0.1, 0.15) is 11.3 Å². The SMILES string of the molecule is COc1cc2oc(=O)cc(OC)c2c(C=O)c1O. The molecule has 1 aromatic heterocycles. The lowest BCUT2D eigenvalue weighted by molar-refractivity contribution is 0.112. The van der Waals surface area contributed by atoms with Crippen molar-refractivity contribution in [1.82, 2.24) is 0 Å². The van der Waals surface area contributed by atoms with Crippen LogP contribution in [0.25, 0.3) is 11.0 Å². The van der Waals surface area contributed by atoms with E-state index < -0.39 is 5.63 Å². The first kappa shape index (κ1) is 12.0. The fourth-order valence-electron chi connectivity index (χ4n) is 1.73. The number of carbonyl (C=O) groups excluding carboxylic acids is 1. The number of benzene rings is 1. The van der Waals surface area contributed by atoms with E-state index >= 15 is 0 Å². The van der Waals surface area contributed by atoms with Gasteiger partial charge in [-0.25, -0.2) is 4.79 Å². The average molecular weight is 250 g/mol. The number of hydrogen-bond acceptors (Lipinski definition) is 6. The summed E-state index contributed by atoms with van der Waals surface area (Å²) in [5.41, 5.74) is -0.565. The third-order valence-electron chi connectivity index (χ3n) is 2.53. The van der Waals surface area contributed by atoms with Gasteiger partial charge in [-0.05, 0) is 0 Å². The Hall–Kier alpha value is -2.50. The lowest BCUT2D eigenvalue weighted by atomic mass is 10.1. The van der Waals surface area contributed by atoms with Gasteiger partial charge in [0.2, 0.25) is 0 Å². The number of fused-ring (bicyclic) bond motifs is 1. The zero-order valence-electron chi connectivity index (χ0n) is 9.72. The van der Waals surface area contributed by atoms with Gasteiger partial charge in [-0.15, -0.1) is 0 Å². The average Bonchev–Trinajstić information content (AvgIpc) is 2.37. The fraction of sp³-hybridized carbons (Fsp3) is 0.167. The van der Waals surface area contributed by atoms with Gasteiger partial charge >= 0.3 is 5.63 Å². The van der Waals surface area contributed by atoms with Crippen LogP contribution in [0.5, 0.6) is 17.2 Å². The Labute approximate surface area is 101 Å². The summed E-state index contributed by atoms with van der Waals surface area (Å²) in [7, 11) is 2.68. The maximum atomic E-state index is 11.3. The summed E-state index contributed by atoms with van der Waals surface area (Å²) >= 11 is 0. The highest BCUT2D eigenvalue weighted by molar-refractivity contribution is 6.03. The van der Waals surface area contributed by atoms with Crippen LogP contribution < -0.4 is 15.1 Å². The van der Waals surface area contributed by atoms with Crippen LogP contribution in [-0.4, -0.2) is 25.6 Å². The van der Waals surface area contributed by atoms with Crippen molar-refractivity contribution in [1.29, 1.82) is 0 Å². The number of rotatable bonds is 3. The second-order valence-corrected chi connectivity index (χ2v) is 3.47. The van der Waals surface area contributed by atoms with Crippen molar-refractivity contribution in [3.8, 4) is 17.2 Å². The van der Waals surface area contributed by atoms with Crippen molar-refractivity contribution < 1.29 is 23.8 Å². The van der Waals surface area contributed by atoms with E-state index in [0.29, 0.717) is 6.29 Å². The van der Waals surface area contributed by atoms with E-state index in [9.17, 15) is 14.7 Å². The minimum absolute atomic E-state index is 0.0426. The number of aldehydes is 1. The van der Waals surface area contributed by atoms with Crippen LogP contribution in [0.4, 0.5) is 0 Å². The molecular weight excluding hydrogens is 240 g/mol. The number of carbonyl (C=O) groups is 1. The third-order valence-corrected chi connectivity index (χ3v) is 2.53. The summed E-state index contributed by atoms with van der Waals surface area (Å²) in [4.78, 5) is 22.4. The molecule has 1 N–H and O–H groups in total. The Balaban J connectivity index is 3.01. The lowest BCUT2D eigenvalue weighted by Gasteiger charge is -2.10. The third kappa shape index (κ3) is 1.67. The van der Waals surface area contributed by atoms with Crippen molar-refractivity contribution in [2.45, 2.75) is 0 Å². The number of aromatic hydroxyl groups is 1. The molecule has 2 rings (SSSR count). The predicted octanol–water partition coefficient (Wildman–Crippen LogP) is 1.33. The summed E-state index contributed by atoms with van der Waals surface area (Å²) in [5, 5.41) is 10.1. The number of phenolic OH excluding ortho intramolecular Hbond substituents is 1. The molecule has 0 unspecified atom stereocenters. The van der Waals surface area contributed by atoms with Gasteiger partial charge < -0.3 is 19.0 Å². The van der Waals surface area contributed by atoms with E-state index in [-0.39, 0.29) is 33.8 Å². The molecule has 2 aromatic rings. The van der Waals surface area contributed by atoms with Gasteiger partial charge in [0.15, 0.2) is 17.8 Å². The smallest absolute Gasteiger partial charge is 0.339 e. The molecule has 0 atom stereocenters. The Kier molecular flexibility index (Phi) is 2.93. The molecule has 0 radical (unpaired) electrons. The van der Waals surface area contributed by atoms with Crippen molar-refractivity contribution in [2.24, 2.45) is 0 Å². The normalized spacial score (nSPS) is 10.3. The first-order valence-electron chi connectivity index (χ1n) is 4.99. The van der Waals surface area contributed by atoms with Crippen molar-refractivity contribution in [3.05, 3.63) is 28.1 Å². The van der Waals surface area contributed by atoms with Gasteiger partial charge in [0.25, 0.3) is 0 Å². The summed E-state index contributed by atoms with van der Waals surface area (Å²) in [6, 6.07) is 2.42. The molecule has 0 fully saturated rings. The highest BCUT2D eigenvalue weighted by atomic mass is 16.5. The first-order chi connectivity index (χ1) is 8.62.